The van der Waals surface area contributed by atoms with Gasteiger partial charge in [-0.25, -0.2) is 0 Å². The lowest BCUT2D eigenvalue weighted by Crippen LogP contribution is -2.25. The molecule has 0 saturated heterocycles. The van der Waals surface area contributed by atoms with Gasteiger partial charge in [-0.2, -0.15) is 5.10 Å². The predicted molar refractivity (Wildman–Crippen MR) is 88.7 cm³/mol. The highest BCUT2D eigenvalue weighted by molar-refractivity contribution is 7.10. The van der Waals surface area contributed by atoms with E-state index in [1.807, 2.05) is 11.6 Å². The zero-order chi connectivity index (χ0) is 15.4. The Balaban J connectivity index is 2.50. The Morgan fingerprint density at radius 2 is 2.24 bits per heavy atom. The van der Waals surface area contributed by atoms with Gasteiger partial charge in [0.2, 0.25) is 0 Å². The van der Waals surface area contributed by atoms with Crippen molar-refractivity contribution in [2.45, 2.75) is 39.8 Å². The van der Waals surface area contributed by atoms with E-state index >= 15 is 0 Å². The molecule has 2 aromatic heterocycles. The number of methoxy groups -OCH3 is 1. The quantitative estimate of drug-likeness (QED) is 0.834. The third kappa shape index (κ3) is 3.25. The zero-order valence-electron chi connectivity index (χ0n) is 12.9. The van der Waals surface area contributed by atoms with Crippen LogP contribution in [-0.4, -0.2) is 23.4 Å². The molecular weight excluding hydrogens is 306 g/mol. The van der Waals surface area contributed by atoms with Crippen LogP contribution in [0.15, 0.2) is 11.6 Å². The summed E-state index contributed by atoms with van der Waals surface area (Å²) in [6.07, 6.45) is 2.83. The van der Waals surface area contributed by atoms with Gasteiger partial charge in [0.1, 0.15) is 5.69 Å². The second kappa shape index (κ2) is 7.29. The molecule has 0 amide bonds. The van der Waals surface area contributed by atoms with Crippen LogP contribution in [0.25, 0.3) is 0 Å². The van der Waals surface area contributed by atoms with E-state index in [1.54, 1.807) is 24.6 Å². The number of ether oxygens (including phenoxy) is 1. The molecule has 0 aromatic carbocycles. The molecule has 0 fully saturated rings. The smallest absolute Gasteiger partial charge is 0.161 e. The van der Waals surface area contributed by atoms with E-state index in [9.17, 15) is 0 Å². The highest BCUT2D eigenvalue weighted by atomic mass is 35.5. The number of hydrogen-bond donors (Lipinski definition) is 1. The molecule has 0 spiro atoms. The van der Waals surface area contributed by atoms with Crippen LogP contribution in [0, 0.1) is 6.92 Å². The molecule has 0 aliphatic carbocycles. The number of nitrogens with zero attached hydrogens (tertiary/aromatic N) is 2. The lowest BCUT2D eigenvalue weighted by atomic mass is 10.1. The fraction of sp³-hybridized carbons (Fsp3) is 0.533. The summed E-state index contributed by atoms with van der Waals surface area (Å²) in [5.41, 5.74) is 2.15. The summed E-state index contributed by atoms with van der Waals surface area (Å²) in [7, 11) is 1.68. The first kappa shape index (κ1) is 16.3. The van der Waals surface area contributed by atoms with Gasteiger partial charge in [-0.15, -0.1) is 11.3 Å². The summed E-state index contributed by atoms with van der Waals surface area (Å²) in [4.78, 5) is 1.12. The predicted octanol–water partition coefficient (Wildman–Crippen LogP) is 4.02. The van der Waals surface area contributed by atoms with Crippen LogP contribution in [0.5, 0.6) is 5.75 Å². The van der Waals surface area contributed by atoms with E-state index < -0.39 is 0 Å². The first-order chi connectivity index (χ1) is 10.1. The summed E-state index contributed by atoms with van der Waals surface area (Å²) in [6.45, 7) is 7.97. The van der Waals surface area contributed by atoms with E-state index in [4.69, 9.17) is 16.3 Å². The van der Waals surface area contributed by atoms with Crippen LogP contribution in [0.3, 0.4) is 0 Å². The average Bonchev–Trinajstić information content (AvgIpc) is 3.05. The van der Waals surface area contributed by atoms with Gasteiger partial charge in [-0.05, 0) is 37.8 Å². The number of halogens is 1. The van der Waals surface area contributed by atoms with Crippen LogP contribution in [0.2, 0.25) is 5.02 Å². The molecule has 1 N–H and O–H groups in total. The van der Waals surface area contributed by atoms with Crippen molar-refractivity contribution >= 4 is 22.9 Å². The molecule has 1 unspecified atom stereocenters. The normalized spacial score (nSPS) is 12.6. The molecule has 4 nitrogen and oxygen atoms in total. The van der Waals surface area contributed by atoms with Crippen molar-refractivity contribution in [3.05, 3.63) is 32.7 Å². The summed E-state index contributed by atoms with van der Waals surface area (Å²) >= 11 is 8.17. The van der Waals surface area contributed by atoms with E-state index in [-0.39, 0.29) is 6.04 Å². The maximum Gasteiger partial charge on any atom is 0.161 e. The minimum absolute atomic E-state index is 0.00792. The highest BCUT2D eigenvalue weighted by Crippen LogP contribution is 2.38. The topological polar surface area (TPSA) is 39.1 Å². The van der Waals surface area contributed by atoms with Crippen LogP contribution in [0.4, 0.5) is 0 Å². The minimum Gasteiger partial charge on any atom is -0.493 e. The maximum atomic E-state index is 6.49. The van der Waals surface area contributed by atoms with Gasteiger partial charge in [0, 0.05) is 11.4 Å². The minimum atomic E-state index is 0.00792. The fourth-order valence-electron chi connectivity index (χ4n) is 2.32. The molecule has 116 valence electrons. The largest absolute Gasteiger partial charge is 0.493 e. The van der Waals surface area contributed by atoms with Crippen molar-refractivity contribution in [2.24, 2.45) is 0 Å². The molecule has 0 aliphatic heterocycles. The Kier molecular flexibility index (Phi) is 5.67. The Morgan fingerprint density at radius 3 is 2.76 bits per heavy atom. The van der Waals surface area contributed by atoms with Gasteiger partial charge in [0.15, 0.2) is 5.75 Å². The molecule has 0 bridgehead atoms. The van der Waals surface area contributed by atoms with E-state index in [2.05, 4.69) is 29.6 Å². The number of hydrogen-bond acceptors (Lipinski definition) is 4. The van der Waals surface area contributed by atoms with Gasteiger partial charge < -0.3 is 10.1 Å². The molecule has 1 atom stereocenters. The summed E-state index contributed by atoms with van der Waals surface area (Å²) in [5, 5.41) is 10.9. The molecule has 0 radical (unpaired) electrons. The average molecular weight is 328 g/mol. The fourth-order valence-corrected chi connectivity index (χ4v) is 3.70. The number of rotatable bonds is 7. The standard InChI is InChI=1S/C15H22ClN3OS/c1-5-7-17-13(15-12(16)10(3)9-21-15)14-11(20-4)8-18-19(14)6-2/h8-9,13,17H,5-7H2,1-4H3. The third-order valence-electron chi connectivity index (χ3n) is 3.42. The molecule has 21 heavy (non-hydrogen) atoms. The molecule has 0 saturated carbocycles. The molecular formula is C15H22ClN3OS. The van der Waals surface area contributed by atoms with Gasteiger partial charge in [0.25, 0.3) is 0 Å². The highest BCUT2D eigenvalue weighted by Gasteiger charge is 2.26. The second-order valence-corrected chi connectivity index (χ2v) is 6.19. The zero-order valence-corrected chi connectivity index (χ0v) is 14.5. The van der Waals surface area contributed by atoms with Crippen molar-refractivity contribution < 1.29 is 4.74 Å². The Morgan fingerprint density at radius 1 is 1.48 bits per heavy atom. The lowest BCUT2D eigenvalue weighted by Gasteiger charge is -2.20. The van der Waals surface area contributed by atoms with Gasteiger partial charge >= 0.3 is 0 Å². The van der Waals surface area contributed by atoms with Crippen molar-refractivity contribution in [2.75, 3.05) is 13.7 Å². The SMILES string of the molecule is CCCNC(c1scc(C)c1Cl)c1c(OC)cnn1CC. The van der Waals surface area contributed by atoms with Crippen molar-refractivity contribution in [1.29, 1.82) is 0 Å². The van der Waals surface area contributed by atoms with Crippen molar-refractivity contribution in [1.82, 2.24) is 15.1 Å². The van der Waals surface area contributed by atoms with Crippen molar-refractivity contribution in [3.63, 3.8) is 0 Å². The Labute approximate surface area is 135 Å². The molecule has 6 heteroatoms. The monoisotopic (exact) mass is 327 g/mol. The summed E-state index contributed by atoms with van der Waals surface area (Å²) < 4.78 is 7.46. The summed E-state index contributed by atoms with van der Waals surface area (Å²) in [5.74, 6) is 0.799. The van der Waals surface area contributed by atoms with Gasteiger partial charge in [-0.3, -0.25) is 4.68 Å². The molecule has 2 rings (SSSR count). The van der Waals surface area contributed by atoms with E-state index in [0.717, 1.165) is 46.4 Å². The van der Waals surface area contributed by atoms with Crippen LogP contribution >= 0.6 is 22.9 Å². The van der Waals surface area contributed by atoms with Crippen LogP contribution in [0.1, 0.15) is 42.4 Å². The van der Waals surface area contributed by atoms with Crippen molar-refractivity contribution in [3.8, 4) is 5.75 Å². The second-order valence-electron chi connectivity index (χ2n) is 4.90. The molecule has 2 aromatic rings. The van der Waals surface area contributed by atoms with Crippen LogP contribution < -0.4 is 10.1 Å². The third-order valence-corrected chi connectivity index (χ3v) is 5.20. The van der Waals surface area contributed by atoms with E-state index in [0.29, 0.717) is 0 Å². The van der Waals surface area contributed by atoms with Gasteiger partial charge in [-0.1, -0.05) is 18.5 Å². The molecule has 2 heterocycles. The van der Waals surface area contributed by atoms with Gasteiger partial charge in [0.05, 0.1) is 24.4 Å². The maximum absolute atomic E-state index is 6.49. The Bertz CT molecular complexity index is 572. The van der Waals surface area contributed by atoms with E-state index in [1.165, 1.54) is 0 Å². The Hall–Kier alpha value is -1.04. The first-order valence-corrected chi connectivity index (χ1v) is 8.46. The summed E-state index contributed by atoms with van der Waals surface area (Å²) in [6, 6.07) is 0.00792. The first-order valence-electron chi connectivity index (χ1n) is 7.20. The molecule has 0 aliphatic rings. The number of nitrogens with one attached hydrogen (secondary N) is 1. The lowest BCUT2D eigenvalue weighted by molar-refractivity contribution is 0.399. The number of aryl methyl sites for hydroxylation is 2. The number of aromatic nitrogens is 2. The number of thiophene rings is 1. The van der Waals surface area contributed by atoms with Crippen LogP contribution in [-0.2, 0) is 6.54 Å².